The van der Waals surface area contributed by atoms with E-state index in [9.17, 15) is 0 Å². The maximum Gasteiger partial charge on any atom is 0.194 e. The van der Waals surface area contributed by atoms with Gasteiger partial charge in [-0.25, -0.2) is 4.98 Å². The molecule has 0 radical (unpaired) electrons. The summed E-state index contributed by atoms with van der Waals surface area (Å²) in [7, 11) is 0. The van der Waals surface area contributed by atoms with Gasteiger partial charge in [0.25, 0.3) is 0 Å². The van der Waals surface area contributed by atoms with Crippen molar-refractivity contribution in [3.8, 4) is 22.8 Å². The molecule has 0 spiro atoms. The molecule has 1 aromatic heterocycles. The quantitative estimate of drug-likeness (QED) is 0.806. The van der Waals surface area contributed by atoms with Crippen molar-refractivity contribution in [1.29, 1.82) is 0 Å². The molecular formula is C14H14ClNO3. The smallest absolute Gasteiger partial charge is 0.194 e. The van der Waals surface area contributed by atoms with Crippen LogP contribution in [-0.2, 0) is 6.42 Å². The Morgan fingerprint density at radius 3 is 3.00 bits per heavy atom. The Kier molecular flexibility index (Phi) is 3.60. The normalized spacial score (nSPS) is 13.5. The number of fused-ring (bicyclic) bond motifs is 1. The van der Waals surface area contributed by atoms with Crippen LogP contribution in [0.2, 0.25) is 0 Å². The van der Waals surface area contributed by atoms with Crippen LogP contribution in [-0.4, -0.2) is 24.1 Å². The van der Waals surface area contributed by atoms with Gasteiger partial charge in [0.2, 0.25) is 0 Å². The number of aromatic nitrogens is 1. The van der Waals surface area contributed by atoms with Gasteiger partial charge in [-0.15, -0.1) is 11.6 Å². The van der Waals surface area contributed by atoms with Crippen LogP contribution in [0, 0.1) is 0 Å². The summed E-state index contributed by atoms with van der Waals surface area (Å²) in [6.45, 7) is 1.13. The number of aryl methyl sites for hydroxylation is 1. The third-order valence-corrected chi connectivity index (χ3v) is 3.18. The fourth-order valence-electron chi connectivity index (χ4n) is 2.04. The Labute approximate surface area is 116 Å². The van der Waals surface area contributed by atoms with Crippen LogP contribution in [0.4, 0.5) is 0 Å². The van der Waals surface area contributed by atoms with Crippen LogP contribution >= 0.6 is 11.6 Å². The summed E-state index contributed by atoms with van der Waals surface area (Å²) >= 11 is 5.66. The first-order chi connectivity index (χ1) is 9.38. The molecule has 2 aromatic rings. The number of oxazole rings is 1. The maximum absolute atomic E-state index is 5.73. The average molecular weight is 280 g/mol. The van der Waals surface area contributed by atoms with E-state index in [1.807, 2.05) is 18.2 Å². The molecule has 0 saturated heterocycles. The standard InChI is InChI=1S/C14H14ClNO3/c15-6-2-5-13-16-9-12(19-13)10-3-1-4-11-14(10)18-8-7-17-11/h1,3-4,9H,2,5-8H2. The summed E-state index contributed by atoms with van der Waals surface area (Å²) in [6, 6.07) is 5.76. The van der Waals surface area contributed by atoms with Gasteiger partial charge in [-0.2, -0.15) is 0 Å². The number of hydrogen-bond acceptors (Lipinski definition) is 4. The summed E-state index contributed by atoms with van der Waals surface area (Å²) in [4.78, 5) is 4.26. The lowest BCUT2D eigenvalue weighted by Crippen LogP contribution is -2.15. The second-order valence-corrected chi connectivity index (χ2v) is 4.62. The topological polar surface area (TPSA) is 44.5 Å². The SMILES string of the molecule is ClCCCc1ncc(-c2cccc3c2OCCO3)o1. The maximum atomic E-state index is 5.73. The first-order valence-corrected chi connectivity index (χ1v) is 6.81. The minimum absolute atomic E-state index is 0.553. The van der Waals surface area contributed by atoms with Gasteiger partial charge in [0.05, 0.1) is 11.8 Å². The van der Waals surface area contributed by atoms with E-state index in [-0.39, 0.29) is 0 Å². The fourth-order valence-corrected chi connectivity index (χ4v) is 2.17. The molecule has 2 heterocycles. The number of nitrogens with zero attached hydrogens (tertiary/aromatic N) is 1. The number of halogens is 1. The summed E-state index contributed by atoms with van der Waals surface area (Å²) in [6.07, 6.45) is 3.32. The zero-order chi connectivity index (χ0) is 13.1. The lowest BCUT2D eigenvalue weighted by atomic mass is 10.1. The van der Waals surface area contributed by atoms with Crippen molar-refractivity contribution >= 4 is 11.6 Å². The summed E-state index contributed by atoms with van der Waals surface area (Å²) in [5.41, 5.74) is 0.877. The molecule has 1 aliphatic rings. The molecule has 3 rings (SSSR count). The molecular weight excluding hydrogens is 266 g/mol. The third kappa shape index (κ3) is 2.54. The van der Waals surface area contributed by atoms with E-state index in [1.165, 1.54) is 0 Å². The molecule has 0 unspecified atom stereocenters. The van der Waals surface area contributed by atoms with Gasteiger partial charge in [-0.05, 0) is 18.6 Å². The molecule has 0 saturated carbocycles. The van der Waals surface area contributed by atoms with E-state index in [0.717, 1.165) is 29.9 Å². The molecule has 0 aliphatic carbocycles. The number of ether oxygens (including phenoxy) is 2. The van der Waals surface area contributed by atoms with Crippen LogP contribution in [0.15, 0.2) is 28.8 Å². The van der Waals surface area contributed by atoms with E-state index in [2.05, 4.69) is 4.98 Å². The zero-order valence-corrected chi connectivity index (χ0v) is 11.2. The number of alkyl halides is 1. The van der Waals surface area contributed by atoms with E-state index in [0.29, 0.717) is 30.7 Å². The Morgan fingerprint density at radius 1 is 1.21 bits per heavy atom. The van der Waals surface area contributed by atoms with Crippen LogP contribution in [0.5, 0.6) is 11.5 Å². The van der Waals surface area contributed by atoms with Crippen molar-refractivity contribution in [2.45, 2.75) is 12.8 Å². The molecule has 4 nitrogen and oxygen atoms in total. The first kappa shape index (κ1) is 12.4. The van der Waals surface area contributed by atoms with Crippen LogP contribution in [0.1, 0.15) is 12.3 Å². The van der Waals surface area contributed by atoms with Crippen molar-refractivity contribution in [2.24, 2.45) is 0 Å². The summed E-state index contributed by atoms with van der Waals surface area (Å²) < 4.78 is 17.0. The summed E-state index contributed by atoms with van der Waals surface area (Å²) in [5.74, 6) is 3.49. The molecule has 0 fully saturated rings. The van der Waals surface area contributed by atoms with Gasteiger partial charge in [0.1, 0.15) is 13.2 Å². The lowest BCUT2D eigenvalue weighted by Gasteiger charge is -2.19. The molecule has 0 bridgehead atoms. The highest BCUT2D eigenvalue weighted by Gasteiger charge is 2.19. The van der Waals surface area contributed by atoms with Crippen molar-refractivity contribution in [2.75, 3.05) is 19.1 Å². The van der Waals surface area contributed by atoms with Gasteiger partial charge in [0, 0.05) is 12.3 Å². The highest BCUT2D eigenvalue weighted by Crippen LogP contribution is 2.39. The number of hydrogen-bond donors (Lipinski definition) is 0. The fraction of sp³-hybridized carbons (Fsp3) is 0.357. The van der Waals surface area contributed by atoms with Gasteiger partial charge >= 0.3 is 0 Å². The van der Waals surface area contributed by atoms with Crippen molar-refractivity contribution < 1.29 is 13.9 Å². The molecule has 100 valence electrons. The Bertz CT molecular complexity index is 568. The minimum atomic E-state index is 0.553. The zero-order valence-electron chi connectivity index (χ0n) is 10.4. The first-order valence-electron chi connectivity index (χ1n) is 6.28. The van der Waals surface area contributed by atoms with E-state index in [1.54, 1.807) is 6.20 Å². The van der Waals surface area contributed by atoms with E-state index >= 15 is 0 Å². The molecule has 0 N–H and O–H groups in total. The van der Waals surface area contributed by atoms with Crippen molar-refractivity contribution in [1.82, 2.24) is 4.98 Å². The van der Waals surface area contributed by atoms with Gasteiger partial charge < -0.3 is 13.9 Å². The van der Waals surface area contributed by atoms with Crippen LogP contribution in [0.3, 0.4) is 0 Å². The second-order valence-electron chi connectivity index (χ2n) is 4.24. The van der Waals surface area contributed by atoms with Crippen LogP contribution in [0.25, 0.3) is 11.3 Å². The molecule has 0 atom stereocenters. The van der Waals surface area contributed by atoms with Gasteiger partial charge in [-0.1, -0.05) is 6.07 Å². The average Bonchev–Trinajstić information content (AvgIpc) is 2.93. The molecule has 19 heavy (non-hydrogen) atoms. The minimum Gasteiger partial charge on any atom is -0.486 e. The Morgan fingerprint density at radius 2 is 2.11 bits per heavy atom. The molecule has 1 aromatic carbocycles. The number of rotatable bonds is 4. The predicted molar refractivity (Wildman–Crippen MR) is 72.0 cm³/mol. The molecule has 1 aliphatic heterocycles. The van der Waals surface area contributed by atoms with Gasteiger partial charge in [-0.3, -0.25) is 0 Å². The molecule has 5 heteroatoms. The Hall–Kier alpha value is -1.68. The van der Waals surface area contributed by atoms with Crippen molar-refractivity contribution in [3.05, 3.63) is 30.3 Å². The third-order valence-electron chi connectivity index (χ3n) is 2.91. The van der Waals surface area contributed by atoms with E-state index < -0.39 is 0 Å². The van der Waals surface area contributed by atoms with E-state index in [4.69, 9.17) is 25.5 Å². The Balaban J connectivity index is 1.91. The second kappa shape index (κ2) is 5.53. The summed E-state index contributed by atoms with van der Waals surface area (Å²) in [5, 5.41) is 0. The highest BCUT2D eigenvalue weighted by atomic mass is 35.5. The molecule has 0 amide bonds. The monoisotopic (exact) mass is 279 g/mol. The number of para-hydroxylation sites is 1. The van der Waals surface area contributed by atoms with Gasteiger partial charge in [0.15, 0.2) is 23.1 Å². The predicted octanol–water partition coefficient (Wildman–Crippen LogP) is 3.28. The van der Waals surface area contributed by atoms with Crippen LogP contribution < -0.4 is 9.47 Å². The lowest BCUT2D eigenvalue weighted by molar-refractivity contribution is 0.172. The highest BCUT2D eigenvalue weighted by molar-refractivity contribution is 6.17. The number of benzene rings is 1. The van der Waals surface area contributed by atoms with Crippen molar-refractivity contribution in [3.63, 3.8) is 0 Å². The largest absolute Gasteiger partial charge is 0.486 e.